The highest BCUT2D eigenvalue weighted by Crippen LogP contribution is 2.46. The number of primary amides is 1. The molecule has 0 aliphatic carbocycles. The van der Waals surface area contributed by atoms with E-state index in [1.54, 1.807) is 0 Å². The Bertz CT molecular complexity index is 627. The molecule has 0 unspecified atom stereocenters. The van der Waals surface area contributed by atoms with Gasteiger partial charge < -0.3 is 20.5 Å². The minimum atomic E-state index is -1.26. The summed E-state index contributed by atoms with van der Waals surface area (Å²) in [4.78, 5) is 48.8. The number of β-lactam (4-membered cyclic amide) rings is 1. The molecule has 9 nitrogen and oxygen atoms in total. The molecule has 9 heteroatoms. The van der Waals surface area contributed by atoms with Crippen molar-refractivity contribution in [1.29, 1.82) is 0 Å². The number of hydrogen-bond acceptors (Lipinski definition) is 5. The Balaban J connectivity index is 1.94. The van der Waals surface area contributed by atoms with Crippen LogP contribution in [0.5, 0.6) is 0 Å². The van der Waals surface area contributed by atoms with Crippen molar-refractivity contribution in [3.63, 3.8) is 0 Å². The number of carbonyl (C=O) groups excluding carboxylic acids is 3. The fraction of sp³-hybridized carbons (Fsp3) is 0.538. The third kappa shape index (κ3) is 1.85. The molecule has 0 aromatic carbocycles. The molecule has 3 aliphatic heterocycles. The first-order valence-corrected chi connectivity index (χ1v) is 6.80. The fourth-order valence-corrected chi connectivity index (χ4v) is 3.65. The third-order valence-corrected chi connectivity index (χ3v) is 4.44. The Labute approximate surface area is 125 Å². The normalized spacial score (nSPS) is 29.1. The van der Waals surface area contributed by atoms with Gasteiger partial charge in [0.25, 0.3) is 5.91 Å². The Hall–Kier alpha value is -2.58. The maximum absolute atomic E-state index is 12.3. The molecular formula is C13H15N3O6. The number of carbonyl (C=O) groups is 4. The summed E-state index contributed by atoms with van der Waals surface area (Å²) in [5, 5.41) is 9.38. The first-order valence-electron chi connectivity index (χ1n) is 6.80. The number of rotatable bonds is 3. The summed E-state index contributed by atoms with van der Waals surface area (Å²) < 4.78 is 4.68. The molecule has 3 aliphatic rings. The predicted molar refractivity (Wildman–Crippen MR) is 70.1 cm³/mol. The molecule has 118 valence electrons. The van der Waals surface area contributed by atoms with Gasteiger partial charge in [-0.2, -0.15) is 0 Å². The highest BCUT2D eigenvalue weighted by Gasteiger charge is 2.63. The van der Waals surface area contributed by atoms with E-state index in [1.165, 1.54) is 16.7 Å². The molecule has 3 amide bonds. The van der Waals surface area contributed by atoms with Crippen LogP contribution in [0.4, 0.5) is 4.79 Å². The minimum absolute atomic E-state index is 0.0545. The number of carboxylic acid groups (broad SMARTS) is 1. The number of amides is 3. The van der Waals surface area contributed by atoms with Gasteiger partial charge in [0.2, 0.25) is 5.91 Å². The molecule has 0 saturated carbocycles. The van der Waals surface area contributed by atoms with Crippen LogP contribution >= 0.6 is 0 Å². The lowest BCUT2D eigenvalue weighted by atomic mass is 9.79. The first-order chi connectivity index (χ1) is 10.3. The van der Waals surface area contributed by atoms with Gasteiger partial charge in [0.1, 0.15) is 18.3 Å². The second-order valence-corrected chi connectivity index (χ2v) is 5.64. The van der Waals surface area contributed by atoms with E-state index < -0.39 is 24.0 Å². The van der Waals surface area contributed by atoms with Crippen molar-refractivity contribution in [2.24, 2.45) is 11.7 Å². The molecule has 0 bridgehead atoms. The van der Waals surface area contributed by atoms with Crippen LogP contribution in [0, 0.1) is 5.92 Å². The summed E-state index contributed by atoms with van der Waals surface area (Å²) in [7, 11) is 0. The molecule has 3 heterocycles. The zero-order valence-corrected chi connectivity index (χ0v) is 11.8. The molecule has 3 atom stereocenters. The first kappa shape index (κ1) is 14.4. The number of likely N-dealkylation sites (tertiary alicyclic amines) is 1. The van der Waals surface area contributed by atoms with Crippen molar-refractivity contribution in [3.05, 3.63) is 11.3 Å². The second kappa shape index (κ2) is 4.72. The SMILES string of the molecule is CC(=O)N1C[C@H]2CC(COC(N)=O)=C(C(=O)O)N3C(=O)[C@@H]1[C@@H]23. The molecule has 0 aromatic rings. The molecule has 3 N–H and O–H groups in total. The van der Waals surface area contributed by atoms with Gasteiger partial charge in [-0.1, -0.05) is 0 Å². The van der Waals surface area contributed by atoms with E-state index in [2.05, 4.69) is 4.74 Å². The van der Waals surface area contributed by atoms with Crippen LogP contribution in [-0.2, 0) is 19.1 Å². The highest BCUT2D eigenvalue weighted by atomic mass is 16.5. The molecule has 22 heavy (non-hydrogen) atoms. The number of nitrogens with zero attached hydrogens (tertiary/aromatic N) is 2. The summed E-state index contributed by atoms with van der Waals surface area (Å²) in [6.07, 6.45) is -0.659. The summed E-state index contributed by atoms with van der Waals surface area (Å²) >= 11 is 0. The van der Waals surface area contributed by atoms with Gasteiger partial charge >= 0.3 is 12.1 Å². The zero-order valence-electron chi connectivity index (χ0n) is 11.8. The van der Waals surface area contributed by atoms with Crippen LogP contribution in [0.15, 0.2) is 11.3 Å². The number of hydrogen-bond donors (Lipinski definition) is 2. The Kier molecular flexibility index (Phi) is 3.08. The van der Waals surface area contributed by atoms with Crippen molar-refractivity contribution in [2.45, 2.75) is 25.4 Å². The lowest BCUT2D eigenvalue weighted by Crippen LogP contribution is -2.69. The lowest BCUT2D eigenvalue weighted by Gasteiger charge is -2.49. The van der Waals surface area contributed by atoms with E-state index >= 15 is 0 Å². The van der Waals surface area contributed by atoms with E-state index in [0.29, 0.717) is 18.5 Å². The highest BCUT2D eigenvalue weighted by molar-refractivity contribution is 6.02. The number of aliphatic carboxylic acids is 1. The third-order valence-electron chi connectivity index (χ3n) is 4.44. The van der Waals surface area contributed by atoms with Crippen molar-refractivity contribution in [3.8, 4) is 0 Å². The Morgan fingerprint density at radius 3 is 2.64 bits per heavy atom. The molecule has 2 fully saturated rings. The Morgan fingerprint density at radius 2 is 2.09 bits per heavy atom. The van der Waals surface area contributed by atoms with E-state index in [9.17, 15) is 24.3 Å². The van der Waals surface area contributed by atoms with Gasteiger partial charge in [-0.15, -0.1) is 0 Å². The van der Waals surface area contributed by atoms with Gasteiger partial charge in [-0.25, -0.2) is 9.59 Å². The molecule has 0 aromatic heterocycles. The van der Waals surface area contributed by atoms with E-state index in [4.69, 9.17) is 5.73 Å². The van der Waals surface area contributed by atoms with Gasteiger partial charge in [-0.05, 0) is 12.0 Å². The van der Waals surface area contributed by atoms with E-state index in [0.717, 1.165) is 0 Å². The summed E-state index contributed by atoms with van der Waals surface area (Å²) in [6.45, 7) is 1.50. The van der Waals surface area contributed by atoms with Crippen LogP contribution < -0.4 is 5.73 Å². The van der Waals surface area contributed by atoms with Crippen molar-refractivity contribution < 1.29 is 29.0 Å². The number of ether oxygens (including phenoxy) is 1. The smallest absolute Gasteiger partial charge is 0.404 e. The molecular weight excluding hydrogens is 294 g/mol. The monoisotopic (exact) mass is 309 g/mol. The zero-order chi connectivity index (χ0) is 16.2. The molecule has 3 rings (SSSR count). The molecule has 2 saturated heterocycles. The maximum Gasteiger partial charge on any atom is 0.404 e. The lowest BCUT2D eigenvalue weighted by molar-refractivity contribution is -0.159. The average Bonchev–Trinajstić information content (AvgIpc) is 2.79. The molecule has 0 spiro atoms. The largest absolute Gasteiger partial charge is 0.477 e. The number of carboxylic acids is 1. The van der Waals surface area contributed by atoms with Crippen LogP contribution in [-0.4, -0.2) is 64.0 Å². The van der Waals surface area contributed by atoms with E-state index in [-0.39, 0.29) is 30.2 Å². The van der Waals surface area contributed by atoms with Gasteiger partial charge in [0.15, 0.2) is 0 Å². The summed E-state index contributed by atoms with van der Waals surface area (Å²) in [5.41, 5.74) is 5.09. The van der Waals surface area contributed by atoms with Crippen molar-refractivity contribution in [2.75, 3.05) is 13.2 Å². The topological polar surface area (TPSA) is 130 Å². The van der Waals surface area contributed by atoms with Crippen LogP contribution in [0.25, 0.3) is 0 Å². The minimum Gasteiger partial charge on any atom is -0.477 e. The summed E-state index contributed by atoms with van der Waals surface area (Å²) in [5.74, 6) is -1.92. The van der Waals surface area contributed by atoms with Crippen LogP contribution in [0.1, 0.15) is 13.3 Å². The van der Waals surface area contributed by atoms with Crippen molar-refractivity contribution >= 4 is 23.9 Å². The average molecular weight is 309 g/mol. The quantitative estimate of drug-likeness (QED) is 0.635. The Morgan fingerprint density at radius 1 is 1.41 bits per heavy atom. The predicted octanol–water partition coefficient (Wildman–Crippen LogP) is -1.12. The standard InChI is InChI=1S/C13H15N3O6/c1-5(17)15-3-6-2-7(4-22-13(14)21)9(12(19)20)16-8(6)10(15)11(16)18/h6,8,10H,2-4H2,1H3,(H2,14,21)(H,19,20)/t6-,8-,10+/m1/s1. The number of nitrogens with two attached hydrogens (primary N) is 1. The van der Waals surface area contributed by atoms with Crippen molar-refractivity contribution in [1.82, 2.24) is 9.80 Å². The van der Waals surface area contributed by atoms with Crippen LogP contribution in [0.2, 0.25) is 0 Å². The summed E-state index contributed by atoms with van der Waals surface area (Å²) in [6, 6.07) is -0.879. The van der Waals surface area contributed by atoms with Gasteiger partial charge in [0, 0.05) is 19.4 Å². The van der Waals surface area contributed by atoms with E-state index in [1.807, 2.05) is 0 Å². The second-order valence-electron chi connectivity index (χ2n) is 5.64. The maximum atomic E-state index is 12.3. The molecule has 0 radical (unpaired) electrons. The van der Waals surface area contributed by atoms with Gasteiger partial charge in [-0.3, -0.25) is 14.5 Å². The van der Waals surface area contributed by atoms with Gasteiger partial charge in [0.05, 0.1) is 6.04 Å². The fourth-order valence-electron chi connectivity index (χ4n) is 3.65. The van der Waals surface area contributed by atoms with Crippen LogP contribution in [0.3, 0.4) is 0 Å².